The van der Waals surface area contributed by atoms with Gasteiger partial charge in [-0.3, -0.25) is 9.69 Å². The average molecular weight is 390 g/mol. The van der Waals surface area contributed by atoms with E-state index < -0.39 is 0 Å². The maximum absolute atomic E-state index is 13.0. The molecular formula is C22H22N4O3. The zero-order chi connectivity index (χ0) is 20.4. The summed E-state index contributed by atoms with van der Waals surface area (Å²) < 4.78 is 10.6. The van der Waals surface area contributed by atoms with Gasteiger partial charge < -0.3 is 14.4 Å². The molecule has 148 valence electrons. The van der Waals surface area contributed by atoms with Crippen molar-refractivity contribution >= 4 is 34.7 Å². The van der Waals surface area contributed by atoms with E-state index in [0.29, 0.717) is 36.2 Å². The highest BCUT2D eigenvalue weighted by molar-refractivity contribution is 6.05. The summed E-state index contributed by atoms with van der Waals surface area (Å²) >= 11 is 0. The Labute approximate surface area is 169 Å². The van der Waals surface area contributed by atoms with Crippen LogP contribution in [0.5, 0.6) is 11.5 Å². The predicted molar refractivity (Wildman–Crippen MR) is 114 cm³/mol. The highest BCUT2D eigenvalue weighted by Gasteiger charge is 2.27. The second-order valence-electron chi connectivity index (χ2n) is 6.72. The fourth-order valence-corrected chi connectivity index (χ4v) is 3.31. The van der Waals surface area contributed by atoms with E-state index in [4.69, 9.17) is 19.4 Å². The molecule has 0 saturated carbocycles. The van der Waals surface area contributed by atoms with Crippen LogP contribution in [-0.2, 0) is 4.79 Å². The number of amides is 1. The number of nitrogens with zero attached hydrogens (tertiary/aromatic N) is 4. The van der Waals surface area contributed by atoms with Gasteiger partial charge in [-0.1, -0.05) is 18.2 Å². The van der Waals surface area contributed by atoms with Gasteiger partial charge in [0, 0.05) is 26.2 Å². The number of rotatable bonds is 4. The number of methoxy groups -OCH3 is 2. The Morgan fingerprint density at radius 3 is 2.34 bits per heavy atom. The lowest BCUT2D eigenvalue weighted by atomic mass is 10.2. The Kier molecular flexibility index (Phi) is 5.03. The standard InChI is InChI=1S/C22H22N4O3/c1-25-12-13-26(22-21(25)23-16-6-4-5-7-17(16)24-22)20(27)11-9-15-8-10-18(28-2)19(14-15)29-3/h4-11,14H,12-13H2,1-3H3/b11-9+. The van der Waals surface area contributed by atoms with Crippen molar-refractivity contribution in [2.24, 2.45) is 0 Å². The molecule has 0 unspecified atom stereocenters. The number of likely N-dealkylation sites (N-methyl/N-ethyl adjacent to an activating group) is 1. The molecule has 1 aromatic heterocycles. The van der Waals surface area contributed by atoms with Gasteiger partial charge in [0.25, 0.3) is 5.91 Å². The number of fused-ring (bicyclic) bond motifs is 2. The van der Waals surface area contributed by atoms with Gasteiger partial charge in [-0.2, -0.15) is 0 Å². The number of hydrogen-bond donors (Lipinski definition) is 0. The number of carbonyl (C=O) groups is 1. The SMILES string of the molecule is COc1ccc(/C=C/C(=O)N2CCN(C)c3nc4ccccc4nc32)cc1OC. The van der Waals surface area contributed by atoms with Crippen molar-refractivity contribution in [3.8, 4) is 11.5 Å². The molecule has 0 fully saturated rings. The van der Waals surface area contributed by atoms with Crippen LogP contribution in [0.15, 0.2) is 48.5 Å². The Bertz CT molecular complexity index is 1100. The summed E-state index contributed by atoms with van der Waals surface area (Å²) in [4.78, 5) is 26.1. The van der Waals surface area contributed by atoms with Crippen molar-refractivity contribution in [3.63, 3.8) is 0 Å². The van der Waals surface area contributed by atoms with Crippen LogP contribution in [0.4, 0.5) is 11.6 Å². The number of ether oxygens (including phenoxy) is 2. The molecule has 29 heavy (non-hydrogen) atoms. The number of aromatic nitrogens is 2. The van der Waals surface area contributed by atoms with E-state index >= 15 is 0 Å². The van der Waals surface area contributed by atoms with Gasteiger partial charge in [0.15, 0.2) is 23.1 Å². The van der Waals surface area contributed by atoms with Crippen LogP contribution in [0.2, 0.25) is 0 Å². The second kappa shape index (κ2) is 7.79. The van der Waals surface area contributed by atoms with Crippen LogP contribution < -0.4 is 19.3 Å². The van der Waals surface area contributed by atoms with Crippen LogP contribution in [-0.4, -0.2) is 50.2 Å². The second-order valence-corrected chi connectivity index (χ2v) is 6.72. The van der Waals surface area contributed by atoms with E-state index in [1.54, 1.807) is 31.3 Å². The first kappa shape index (κ1) is 18.7. The Hall–Kier alpha value is -3.61. The summed E-state index contributed by atoms with van der Waals surface area (Å²) in [6, 6.07) is 13.2. The minimum absolute atomic E-state index is 0.140. The topological polar surface area (TPSA) is 67.8 Å². The molecule has 2 heterocycles. The quantitative estimate of drug-likeness (QED) is 0.638. The summed E-state index contributed by atoms with van der Waals surface area (Å²) in [6.07, 6.45) is 3.31. The van der Waals surface area contributed by atoms with Crippen molar-refractivity contribution < 1.29 is 14.3 Å². The zero-order valence-electron chi connectivity index (χ0n) is 16.6. The van der Waals surface area contributed by atoms with Crippen molar-refractivity contribution in [1.82, 2.24) is 9.97 Å². The van der Waals surface area contributed by atoms with Gasteiger partial charge in [-0.25, -0.2) is 9.97 Å². The monoisotopic (exact) mass is 390 g/mol. The largest absolute Gasteiger partial charge is 0.493 e. The molecular weight excluding hydrogens is 368 g/mol. The van der Waals surface area contributed by atoms with Gasteiger partial charge in [0.05, 0.1) is 25.3 Å². The van der Waals surface area contributed by atoms with Crippen LogP contribution in [0.3, 0.4) is 0 Å². The van der Waals surface area contributed by atoms with E-state index in [1.807, 2.05) is 54.4 Å². The molecule has 7 heteroatoms. The number of hydrogen-bond acceptors (Lipinski definition) is 6. The lowest BCUT2D eigenvalue weighted by Gasteiger charge is -2.33. The smallest absolute Gasteiger partial charge is 0.252 e. The van der Waals surface area contributed by atoms with Crippen LogP contribution in [0.1, 0.15) is 5.56 Å². The van der Waals surface area contributed by atoms with Crippen LogP contribution in [0, 0.1) is 0 Å². The highest BCUT2D eigenvalue weighted by Crippen LogP contribution is 2.31. The van der Waals surface area contributed by atoms with Gasteiger partial charge in [-0.05, 0) is 35.9 Å². The molecule has 3 aromatic rings. The number of anilines is 2. The first-order valence-corrected chi connectivity index (χ1v) is 9.30. The third-order valence-electron chi connectivity index (χ3n) is 4.90. The third-order valence-corrected chi connectivity index (χ3v) is 4.90. The molecule has 0 bridgehead atoms. The zero-order valence-corrected chi connectivity index (χ0v) is 16.6. The Morgan fingerprint density at radius 1 is 0.966 bits per heavy atom. The molecule has 1 aliphatic heterocycles. The van der Waals surface area contributed by atoms with E-state index in [9.17, 15) is 4.79 Å². The molecule has 2 aromatic carbocycles. The summed E-state index contributed by atoms with van der Waals surface area (Å²) in [5, 5.41) is 0. The van der Waals surface area contributed by atoms with E-state index in [0.717, 1.165) is 16.6 Å². The number of benzene rings is 2. The van der Waals surface area contributed by atoms with E-state index in [1.165, 1.54) is 0 Å². The summed E-state index contributed by atoms with van der Waals surface area (Å²) in [5.74, 6) is 2.41. The van der Waals surface area contributed by atoms with Crippen LogP contribution in [0.25, 0.3) is 17.1 Å². The third kappa shape index (κ3) is 3.59. The molecule has 1 aliphatic rings. The van der Waals surface area contributed by atoms with Gasteiger partial charge in [0.2, 0.25) is 0 Å². The molecule has 7 nitrogen and oxygen atoms in total. The molecule has 0 spiro atoms. The molecule has 1 amide bonds. The van der Waals surface area contributed by atoms with Crippen molar-refractivity contribution in [2.75, 3.05) is 44.2 Å². The number of carbonyl (C=O) groups excluding carboxylic acids is 1. The minimum Gasteiger partial charge on any atom is -0.493 e. The Balaban J connectivity index is 1.64. The van der Waals surface area contributed by atoms with Gasteiger partial charge >= 0.3 is 0 Å². The summed E-state index contributed by atoms with van der Waals surface area (Å²) in [5.41, 5.74) is 2.42. The number of para-hydroxylation sites is 2. The maximum atomic E-state index is 13.0. The Morgan fingerprint density at radius 2 is 1.66 bits per heavy atom. The van der Waals surface area contributed by atoms with Crippen LogP contribution >= 0.6 is 0 Å². The molecule has 4 rings (SSSR count). The fraction of sp³-hybridized carbons (Fsp3) is 0.227. The maximum Gasteiger partial charge on any atom is 0.252 e. The molecule has 0 N–H and O–H groups in total. The van der Waals surface area contributed by atoms with Crippen molar-refractivity contribution in [2.45, 2.75) is 0 Å². The summed E-state index contributed by atoms with van der Waals surface area (Å²) in [6.45, 7) is 1.24. The lowest BCUT2D eigenvalue weighted by Crippen LogP contribution is -2.43. The average Bonchev–Trinajstić information content (AvgIpc) is 2.76. The predicted octanol–water partition coefficient (Wildman–Crippen LogP) is 3.14. The highest BCUT2D eigenvalue weighted by atomic mass is 16.5. The van der Waals surface area contributed by atoms with Gasteiger partial charge in [0.1, 0.15) is 0 Å². The molecule has 0 aliphatic carbocycles. The summed E-state index contributed by atoms with van der Waals surface area (Å²) in [7, 11) is 5.14. The first-order valence-electron chi connectivity index (χ1n) is 9.30. The molecule has 0 atom stereocenters. The molecule has 0 radical (unpaired) electrons. The fourth-order valence-electron chi connectivity index (χ4n) is 3.31. The van der Waals surface area contributed by atoms with Crippen molar-refractivity contribution in [1.29, 1.82) is 0 Å². The molecule has 0 saturated heterocycles. The van der Waals surface area contributed by atoms with E-state index in [-0.39, 0.29) is 5.91 Å². The van der Waals surface area contributed by atoms with Crippen molar-refractivity contribution in [3.05, 3.63) is 54.1 Å². The van der Waals surface area contributed by atoms with Gasteiger partial charge in [-0.15, -0.1) is 0 Å². The van der Waals surface area contributed by atoms with E-state index in [2.05, 4.69) is 0 Å². The minimum atomic E-state index is -0.140. The lowest BCUT2D eigenvalue weighted by molar-refractivity contribution is -0.114. The normalized spacial score (nSPS) is 13.6. The first-order chi connectivity index (χ1) is 14.1.